The molecule has 0 aromatic carbocycles. The van der Waals surface area contributed by atoms with Gasteiger partial charge < -0.3 is 10.0 Å². The average Bonchev–Trinajstić information content (AvgIpc) is 2.73. The van der Waals surface area contributed by atoms with Gasteiger partial charge in [-0.2, -0.15) is 5.10 Å². The first-order valence-corrected chi connectivity index (χ1v) is 6.11. The summed E-state index contributed by atoms with van der Waals surface area (Å²) in [5, 5.41) is 13.1. The van der Waals surface area contributed by atoms with Gasteiger partial charge in [-0.15, -0.1) is 0 Å². The Labute approximate surface area is 108 Å². The molecule has 0 unspecified atom stereocenters. The number of aromatic nitrogens is 2. The molecule has 0 spiro atoms. The maximum absolute atomic E-state index is 10.8. The van der Waals surface area contributed by atoms with E-state index in [4.69, 9.17) is 5.11 Å². The maximum Gasteiger partial charge on any atom is 0.317 e. The molecule has 0 aliphatic heterocycles. The third-order valence-electron chi connectivity index (χ3n) is 2.64. The van der Waals surface area contributed by atoms with Gasteiger partial charge in [0.25, 0.3) is 0 Å². The van der Waals surface area contributed by atoms with E-state index in [1.807, 2.05) is 41.7 Å². The van der Waals surface area contributed by atoms with Crippen molar-refractivity contribution < 1.29 is 9.90 Å². The van der Waals surface area contributed by atoms with Crippen LogP contribution in [0, 0.1) is 0 Å². The molecule has 102 valence electrons. The second kappa shape index (κ2) is 7.13. The summed E-state index contributed by atoms with van der Waals surface area (Å²) in [5.74, 6) is -0.795. The van der Waals surface area contributed by atoms with Gasteiger partial charge in [0.2, 0.25) is 0 Å². The van der Waals surface area contributed by atoms with Gasteiger partial charge in [-0.1, -0.05) is 0 Å². The van der Waals surface area contributed by atoms with Crippen molar-refractivity contribution in [2.75, 3.05) is 33.7 Å². The molecule has 6 nitrogen and oxygen atoms in total. The predicted octanol–water partition coefficient (Wildman–Crippen LogP) is 0.351. The summed E-state index contributed by atoms with van der Waals surface area (Å²) in [6.07, 6.45) is 3.76. The van der Waals surface area contributed by atoms with Crippen molar-refractivity contribution >= 4 is 5.97 Å². The Morgan fingerprint density at radius 3 is 2.67 bits per heavy atom. The number of hydrogen-bond donors (Lipinski definition) is 1. The fourth-order valence-electron chi connectivity index (χ4n) is 1.67. The number of hydrogen-bond acceptors (Lipinski definition) is 4. The molecule has 0 saturated heterocycles. The highest BCUT2D eigenvalue weighted by molar-refractivity contribution is 5.69. The first kappa shape index (κ1) is 14.7. The average molecular weight is 254 g/mol. The first-order valence-electron chi connectivity index (χ1n) is 6.11. The smallest absolute Gasteiger partial charge is 0.317 e. The van der Waals surface area contributed by atoms with E-state index in [2.05, 4.69) is 5.10 Å². The molecule has 0 aliphatic rings. The minimum atomic E-state index is -0.795. The molecule has 1 aromatic rings. The second-order valence-corrected chi connectivity index (χ2v) is 4.61. The van der Waals surface area contributed by atoms with Gasteiger partial charge >= 0.3 is 5.97 Å². The number of nitrogens with zero attached hydrogens (tertiary/aromatic N) is 4. The van der Waals surface area contributed by atoms with E-state index in [9.17, 15) is 4.79 Å². The highest BCUT2D eigenvalue weighted by atomic mass is 16.4. The molecule has 0 bridgehead atoms. The van der Waals surface area contributed by atoms with Crippen LogP contribution in [0.3, 0.4) is 0 Å². The number of aliphatic carboxylic acids is 1. The van der Waals surface area contributed by atoms with Crippen molar-refractivity contribution in [2.45, 2.75) is 20.0 Å². The van der Waals surface area contributed by atoms with Crippen LogP contribution in [0.5, 0.6) is 0 Å². The number of likely N-dealkylation sites (N-methyl/N-ethyl adjacent to an activating group) is 1. The predicted molar refractivity (Wildman–Crippen MR) is 69.4 cm³/mol. The molecule has 1 heterocycles. The van der Waals surface area contributed by atoms with Gasteiger partial charge in [0.15, 0.2) is 0 Å². The van der Waals surface area contributed by atoms with Crippen molar-refractivity contribution in [2.24, 2.45) is 0 Å². The minimum absolute atomic E-state index is 0.0607. The van der Waals surface area contributed by atoms with Crippen molar-refractivity contribution in [3.05, 3.63) is 18.0 Å². The zero-order valence-corrected chi connectivity index (χ0v) is 11.3. The van der Waals surface area contributed by atoms with E-state index in [1.165, 1.54) is 0 Å². The van der Waals surface area contributed by atoms with Crippen LogP contribution in [-0.4, -0.2) is 64.4 Å². The van der Waals surface area contributed by atoms with Crippen molar-refractivity contribution in [1.82, 2.24) is 19.6 Å². The second-order valence-electron chi connectivity index (χ2n) is 4.61. The zero-order valence-electron chi connectivity index (χ0n) is 11.3. The Morgan fingerprint density at radius 2 is 2.17 bits per heavy atom. The summed E-state index contributed by atoms with van der Waals surface area (Å²) in [6, 6.07) is 0. The molecule has 6 heteroatoms. The van der Waals surface area contributed by atoms with Gasteiger partial charge in [-0.05, 0) is 21.0 Å². The van der Waals surface area contributed by atoms with Gasteiger partial charge in [0, 0.05) is 37.9 Å². The van der Waals surface area contributed by atoms with Crippen LogP contribution < -0.4 is 0 Å². The van der Waals surface area contributed by atoms with Gasteiger partial charge in [0.1, 0.15) is 0 Å². The van der Waals surface area contributed by atoms with Crippen LogP contribution in [0.15, 0.2) is 12.4 Å². The molecule has 0 atom stereocenters. The van der Waals surface area contributed by atoms with Gasteiger partial charge in [-0.25, -0.2) is 0 Å². The Morgan fingerprint density at radius 1 is 1.44 bits per heavy atom. The SMILES string of the molecule is CCn1cc(CN(CCN(C)C)CC(=O)O)cn1. The third kappa shape index (κ3) is 5.29. The molecular formula is C12H22N4O2. The molecule has 18 heavy (non-hydrogen) atoms. The van der Waals surface area contributed by atoms with Crippen LogP contribution in [0.25, 0.3) is 0 Å². The van der Waals surface area contributed by atoms with Crippen molar-refractivity contribution in [1.29, 1.82) is 0 Å². The molecule has 0 amide bonds. The third-order valence-corrected chi connectivity index (χ3v) is 2.64. The highest BCUT2D eigenvalue weighted by Crippen LogP contribution is 2.03. The number of carboxylic acids is 1. The van der Waals surface area contributed by atoms with Gasteiger partial charge in [0.05, 0.1) is 12.7 Å². The zero-order chi connectivity index (χ0) is 13.5. The fraction of sp³-hybridized carbons (Fsp3) is 0.667. The largest absolute Gasteiger partial charge is 0.480 e. The van der Waals surface area contributed by atoms with Crippen LogP contribution in [0.4, 0.5) is 0 Å². The normalized spacial score (nSPS) is 11.4. The summed E-state index contributed by atoms with van der Waals surface area (Å²) in [5.41, 5.74) is 1.05. The highest BCUT2D eigenvalue weighted by Gasteiger charge is 2.11. The Hall–Kier alpha value is -1.40. The topological polar surface area (TPSA) is 61.6 Å². The summed E-state index contributed by atoms with van der Waals surface area (Å²) in [6.45, 7) is 5.12. The molecule has 0 radical (unpaired) electrons. The number of carboxylic acid groups (broad SMARTS) is 1. The lowest BCUT2D eigenvalue weighted by Gasteiger charge is -2.21. The van der Waals surface area contributed by atoms with Crippen molar-refractivity contribution in [3.8, 4) is 0 Å². The van der Waals surface area contributed by atoms with Crippen LogP contribution >= 0.6 is 0 Å². The van der Waals surface area contributed by atoms with Crippen molar-refractivity contribution in [3.63, 3.8) is 0 Å². The van der Waals surface area contributed by atoms with E-state index < -0.39 is 5.97 Å². The molecule has 1 rings (SSSR count). The summed E-state index contributed by atoms with van der Waals surface area (Å²) in [7, 11) is 3.96. The van der Waals surface area contributed by atoms with Gasteiger partial charge in [-0.3, -0.25) is 14.4 Å². The fourth-order valence-corrected chi connectivity index (χ4v) is 1.67. The summed E-state index contributed by atoms with van der Waals surface area (Å²) >= 11 is 0. The lowest BCUT2D eigenvalue weighted by Crippen LogP contribution is -2.35. The monoisotopic (exact) mass is 254 g/mol. The molecule has 0 fully saturated rings. The molecule has 0 aliphatic carbocycles. The van der Waals surface area contributed by atoms with E-state index in [0.29, 0.717) is 6.54 Å². The Balaban J connectivity index is 2.56. The first-order chi connectivity index (χ1) is 8.51. The van der Waals surface area contributed by atoms with E-state index in [1.54, 1.807) is 6.20 Å². The van der Waals surface area contributed by atoms with E-state index >= 15 is 0 Å². The molecule has 0 saturated carbocycles. The quantitative estimate of drug-likeness (QED) is 0.725. The lowest BCUT2D eigenvalue weighted by molar-refractivity contribution is -0.138. The maximum atomic E-state index is 10.8. The summed E-state index contributed by atoms with van der Waals surface area (Å²) in [4.78, 5) is 14.8. The lowest BCUT2D eigenvalue weighted by atomic mass is 10.3. The van der Waals surface area contributed by atoms with Crippen LogP contribution in [-0.2, 0) is 17.9 Å². The number of rotatable bonds is 8. The molecule has 1 N–H and O–H groups in total. The molecular weight excluding hydrogens is 232 g/mol. The summed E-state index contributed by atoms with van der Waals surface area (Å²) < 4.78 is 1.85. The Bertz CT molecular complexity index is 376. The molecule has 1 aromatic heterocycles. The Kier molecular flexibility index (Phi) is 5.80. The van der Waals surface area contributed by atoms with E-state index in [-0.39, 0.29) is 6.54 Å². The van der Waals surface area contributed by atoms with Crippen LogP contribution in [0.1, 0.15) is 12.5 Å². The van der Waals surface area contributed by atoms with E-state index in [0.717, 1.165) is 25.2 Å². The number of aryl methyl sites for hydroxylation is 1. The number of carbonyl (C=O) groups is 1. The minimum Gasteiger partial charge on any atom is -0.480 e. The standard InChI is InChI=1S/C12H22N4O2/c1-4-16-9-11(7-13-16)8-15(10-12(17)18)6-5-14(2)3/h7,9H,4-6,8,10H2,1-3H3,(H,17,18). The van der Waals surface area contributed by atoms with Crippen LogP contribution in [0.2, 0.25) is 0 Å².